The summed E-state index contributed by atoms with van der Waals surface area (Å²) < 4.78 is 0. The highest BCUT2D eigenvalue weighted by molar-refractivity contribution is 4.72. The summed E-state index contributed by atoms with van der Waals surface area (Å²) in [5, 5.41) is 10.9. The standard InChI is InChI=1S/C6H13N3/c1-4-6(8-5-7)9(2)3/h6,8H,4H2,1-3H3. The molecular weight excluding hydrogens is 114 g/mol. The predicted octanol–water partition coefficient (Wildman–Crippen LogP) is 0.355. The van der Waals surface area contributed by atoms with Crippen LogP contribution in [0.1, 0.15) is 13.3 Å². The van der Waals surface area contributed by atoms with Crippen molar-refractivity contribution in [3.8, 4) is 6.19 Å². The summed E-state index contributed by atoms with van der Waals surface area (Å²) in [5.74, 6) is 0. The number of nitrogens with zero attached hydrogens (tertiary/aromatic N) is 2. The van der Waals surface area contributed by atoms with Crippen LogP contribution in [-0.4, -0.2) is 25.2 Å². The van der Waals surface area contributed by atoms with Gasteiger partial charge < -0.3 is 5.32 Å². The Balaban J connectivity index is 3.57. The normalized spacial score (nSPS) is 12.8. The van der Waals surface area contributed by atoms with Crippen LogP contribution >= 0.6 is 0 Å². The molecule has 1 unspecified atom stereocenters. The molecule has 0 spiro atoms. The van der Waals surface area contributed by atoms with Crippen LogP contribution in [-0.2, 0) is 0 Å². The summed E-state index contributed by atoms with van der Waals surface area (Å²) in [6.45, 7) is 2.04. The first kappa shape index (κ1) is 8.25. The molecule has 0 saturated carbocycles. The number of nitrogens with one attached hydrogen (secondary N) is 1. The van der Waals surface area contributed by atoms with Gasteiger partial charge in [-0.15, -0.1) is 0 Å². The van der Waals surface area contributed by atoms with Crippen LogP contribution in [0.4, 0.5) is 0 Å². The van der Waals surface area contributed by atoms with Crippen molar-refractivity contribution in [3.63, 3.8) is 0 Å². The molecule has 0 aromatic rings. The average Bonchev–Trinajstić information content (AvgIpc) is 1.82. The SMILES string of the molecule is CCC(NC#N)N(C)C. The van der Waals surface area contributed by atoms with E-state index >= 15 is 0 Å². The van der Waals surface area contributed by atoms with Crippen LogP contribution in [0.25, 0.3) is 0 Å². The van der Waals surface area contributed by atoms with Gasteiger partial charge in [-0.2, -0.15) is 5.26 Å². The number of rotatable bonds is 3. The van der Waals surface area contributed by atoms with Crippen LogP contribution in [0.2, 0.25) is 0 Å². The predicted molar refractivity (Wildman–Crippen MR) is 36.5 cm³/mol. The van der Waals surface area contributed by atoms with Crippen LogP contribution < -0.4 is 5.32 Å². The zero-order valence-electron chi connectivity index (χ0n) is 6.18. The van der Waals surface area contributed by atoms with Crippen molar-refractivity contribution >= 4 is 0 Å². The zero-order valence-corrected chi connectivity index (χ0v) is 6.18. The topological polar surface area (TPSA) is 39.1 Å². The molecule has 3 nitrogen and oxygen atoms in total. The summed E-state index contributed by atoms with van der Waals surface area (Å²) in [6.07, 6.45) is 3.04. The maximum Gasteiger partial charge on any atom is 0.177 e. The minimum atomic E-state index is 0.190. The summed E-state index contributed by atoms with van der Waals surface area (Å²) in [6, 6.07) is 0. The van der Waals surface area contributed by atoms with E-state index in [1.807, 2.05) is 32.1 Å². The molecule has 1 atom stereocenters. The maximum absolute atomic E-state index is 8.23. The molecule has 0 amide bonds. The van der Waals surface area contributed by atoms with Gasteiger partial charge in [0.2, 0.25) is 0 Å². The molecule has 0 bridgehead atoms. The fraction of sp³-hybridized carbons (Fsp3) is 0.833. The molecule has 0 aliphatic rings. The highest BCUT2D eigenvalue weighted by atomic mass is 15.2. The fourth-order valence-electron chi connectivity index (χ4n) is 0.671. The Morgan fingerprint density at radius 1 is 1.67 bits per heavy atom. The fourth-order valence-corrected chi connectivity index (χ4v) is 0.671. The van der Waals surface area contributed by atoms with Gasteiger partial charge in [-0.1, -0.05) is 6.92 Å². The second-order valence-electron chi connectivity index (χ2n) is 2.14. The van der Waals surface area contributed by atoms with Gasteiger partial charge in [0.25, 0.3) is 0 Å². The summed E-state index contributed by atoms with van der Waals surface area (Å²) >= 11 is 0. The molecule has 9 heavy (non-hydrogen) atoms. The Morgan fingerprint density at radius 3 is 2.33 bits per heavy atom. The number of hydrogen-bond acceptors (Lipinski definition) is 3. The Bertz CT molecular complexity index is 103. The van der Waals surface area contributed by atoms with Crippen molar-refractivity contribution in [2.45, 2.75) is 19.5 Å². The van der Waals surface area contributed by atoms with Crippen LogP contribution in [0.3, 0.4) is 0 Å². The molecule has 0 radical (unpaired) electrons. The van der Waals surface area contributed by atoms with E-state index in [2.05, 4.69) is 5.32 Å². The molecule has 0 aromatic carbocycles. The molecule has 0 fully saturated rings. The number of nitriles is 1. The van der Waals surface area contributed by atoms with E-state index in [-0.39, 0.29) is 6.17 Å². The van der Waals surface area contributed by atoms with Crippen molar-refractivity contribution in [1.29, 1.82) is 5.26 Å². The van der Waals surface area contributed by atoms with Crippen molar-refractivity contribution in [2.24, 2.45) is 0 Å². The second kappa shape index (κ2) is 4.16. The van der Waals surface area contributed by atoms with E-state index in [0.717, 1.165) is 6.42 Å². The molecule has 0 aliphatic carbocycles. The van der Waals surface area contributed by atoms with Crippen LogP contribution in [0.15, 0.2) is 0 Å². The molecular formula is C6H13N3. The largest absolute Gasteiger partial charge is 0.307 e. The van der Waals surface area contributed by atoms with E-state index < -0.39 is 0 Å². The third kappa shape index (κ3) is 2.94. The van der Waals surface area contributed by atoms with Crippen LogP contribution in [0, 0.1) is 11.5 Å². The molecule has 1 N–H and O–H groups in total. The minimum absolute atomic E-state index is 0.190. The van der Waals surface area contributed by atoms with Gasteiger partial charge in [0.15, 0.2) is 6.19 Å². The third-order valence-corrected chi connectivity index (χ3v) is 1.24. The highest BCUT2D eigenvalue weighted by Crippen LogP contribution is 1.91. The smallest absolute Gasteiger partial charge is 0.177 e. The third-order valence-electron chi connectivity index (χ3n) is 1.24. The molecule has 0 aliphatic heterocycles. The highest BCUT2D eigenvalue weighted by Gasteiger charge is 2.04. The van der Waals surface area contributed by atoms with Crippen molar-refractivity contribution in [3.05, 3.63) is 0 Å². The first-order valence-electron chi connectivity index (χ1n) is 3.03. The molecule has 52 valence electrons. The van der Waals surface area contributed by atoms with Crippen LogP contribution in [0.5, 0.6) is 0 Å². The van der Waals surface area contributed by atoms with Gasteiger partial charge in [0.1, 0.15) is 0 Å². The monoisotopic (exact) mass is 127 g/mol. The number of hydrogen-bond donors (Lipinski definition) is 1. The summed E-state index contributed by atoms with van der Waals surface area (Å²) in [7, 11) is 3.89. The Labute approximate surface area is 56.3 Å². The molecule has 0 saturated heterocycles. The minimum Gasteiger partial charge on any atom is -0.307 e. The van der Waals surface area contributed by atoms with E-state index in [4.69, 9.17) is 5.26 Å². The van der Waals surface area contributed by atoms with E-state index in [1.54, 1.807) is 0 Å². The van der Waals surface area contributed by atoms with Gasteiger partial charge in [0.05, 0.1) is 6.17 Å². The average molecular weight is 127 g/mol. The quantitative estimate of drug-likeness (QED) is 0.338. The van der Waals surface area contributed by atoms with Crippen molar-refractivity contribution in [2.75, 3.05) is 14.1 Å². The van der Waals surface area contributed by atoms with E-state index in [9.17, 15) is 0 Å². The zero-order chi connectivity index (χ0) is 7.28. The van der Waals surface area contributed by atoms with E-state index in [0.29, 0.717) is 0 Å². The lowest BCUT2D eigenvalue weighted by Gasteiger charge is -2.20. The summed E-state index contributed by atoms with van der Waals surface area (Å²) in [5.41, 5.74) is 0. The van der Waals surface area contributed by atoms with Crippen molar-refractivity contribution < 1.29 is 0 Å². The maximum atomic E-state index is 8.23. The van der Waals surface area contributed by atoms with E-state index in [1.165, 1.54) is 0 Å². The van der Waals surface area contributed by atoms with Gasteiger partial charge in [-0.25, -0.2) is 0 Å². The Kier molecular flexibility index (Phi) is 3.81. The first-order chi connectivity index (χ1) is 4.22. The van der Waals surface area contributed by atoms with Crippen molar-refractivity contribution in [1.82, 2.24) is 10.2 Å². The lowest BCUT2D eigenvalue weighted by atomic mass is 10.3. The van der Waals surface area contributed by atoms with Gasteiger partial charge in [-0.05, 0) is 20.5 Å². The molecule has 3 heteroatoms. The lowest BCUT2D eigenvalue weighted by Crippen LogP contribution is -2.37. The molecule has 0 rings (SSSR count). The second-order valence-corrected chi connectivity index (χ2v) is 2.14. The van der Waals surface area contributed by atoms with Gasteiger partial charge in [-0.3, -0.25) is 4.90 Å². The van der Waals surface area contributed by atoms with Gasteiger partial charge >= 0.3 is 0 Å². The molecule has 0 heterocycles. The lowest BCUT2D eigenvalue weighted by molar-refractivity contribution is 0.263. The summed E-state index contributed by atoms with van der Waals surface area (Å²) in [4.78, 5) is 1.98. The van der Waals surface area contributed by atoms with Gasteiger partial charge in [0, 0.05) is 0 Å². The molecule has 0 aromatic heterocycles. The Morgan fingerprint density at radius 2 is 2.22 bits per heavy atom. The Hall–Kier alpha value is -0.750. The first-order valence-corrected chi connectivity index (χ1v) is 3.03.